The van der Waals surface area contributed by atoms with Crippen LogP contribution in [0.3, 0.4) is 0 Å². The number of rotatable bonds is 12. The maximum absolute atomic E-state index is 13.0. The van der Waals surface area contributed by atoms with Gasteiger partial charge in [0, 0.05) is 30.2 Å². The van der Waals surface area contributed by atoms with Crippen LogP contribution in [0.25, 0.3) is 0 Å². The molecule has 0 unspecified atom stereocenters. The van der Waals surface area contributed by atoms with Gasteiger partial charge in [0.05, 0.1) is 30.5 Å². The van der Waals surface area contributed by atoms with Crippen LogP contribution < -0.4 is 14.9 Å². The first-order chi connectivity index (χ1) is 19.5. The molecule has 3 aromatic carbocycles. The van der Waals surface area contributed by atoms with Crippen molar-refractivity contribution in [2.75, 3.05) is 33.4 Å². The van der Waals surface area contributed by atoms with Crippen molar-refractivity contribution in [2.24, 2.45) is 9.98 Å². The monoisotopic (exact) mass is 599 g/mol. The third-order valence-electron chi connectivity index (χ3n) is 7.13. The number of carboxylic acids is 1. The number of aliphatic hydroxyl groups is 1. The molecule has 1 heterocycles. The van der Waals surface area contributed by atoms with Crippen LogP contribution in [-0.2, 0) is 21.3 Å². The number of hydrogen-bond donors (Lipinski definition) is 1. The average molecular weight is 600 g/mol. The van der Waals surface area contributed by atoms with Crippen molar-refractivity contribution in [1.82, 2.24) is 4.90 Å². The standard InChI is InChI=1S/C32H37N3O5.Ni/c1-40-25-16-14-23(15-17-25)26(18-21-36)31(32(38)39)34-30(24-10-4-2-5-11-24)27-12-6-7-13-28(27)33-29(37)22-35-19-8-3-9-20-35;/h2,4-7,10-17,26,31,36H,3,8-9,18-22H2,1H3,(H,33,37)(H,38,39);/q;+2/p-2/t26-,31+;/m0./s1. The van der Waals surface area contributed by atoms with Gasteiger partial charge < -0.3 is 24.9 Å². The van der Waals surface area contributed by atoms with Crippen LogP contribution in [0, 0.1) is 0 Å². The molecule has 1 fully saturated rings. The van der Waals surface area contributed by atoms with Gasteiger partial charge in [-0.1, -0.05) is 67.1 Å². The van der Waals surface area contributed by atoms with E-state index in [0.29, 0.717) is 33.8 Å². The number of nitrogens with zero attached hydrogens (tertiary/aromatic N) is 3. The molecule has 0 amide bonds. The molecule has 3 aromatic rings. The van der Waals surface area contributed by atoms with Gasteiger partial charge in [-0.2, -0.15) is 0 Å². The molecule has 41 heavy (non-hydrogen) atoms. The number of piperidine rings is 1. The van der Waals surface area contributed by atoms with Crippen molar-refractivity contribution in [1.29, 1.82) is 0 Å². The molecule has 0 radical (unpaired) electrons. The molecule has 2 atom stereocenters. The normalized spacial score (nSPS) is 16.0. The SMILES string of the molecule is COc1ccc([C@H](CCO)[C@@H](N=C(c2ccccc2)c2ccccc2N=C([O-])CN2CCCCC2)C(=O)[O-])cc1.[Ni+2]. The molecule has 0 aromatic heterocycles. The molecule has 1 aliphatic heterocycles. The summed E-state index contributed by atoms with van der Waals surface area (Å²) >= 11 is 0. The minimum absolute atomic E-state index is 0. The van der Waals surface area contributed by atoms with Gasteiger partial charge in [0.25, 0.3) is 0 Å². The number of hydrogen-bond acceptors (Lipinski definition) is 8. The zero-order valence-corrected chi connectivity index (χ0v) is 24.0. The van der Waals surface area contributed by atoms with Crippen LogP contribution in [-0.4, -0.2) is 67.0 Å². The molecule has 8 nitrogen and oxygen atoms in total. The minimum atomic E-state index is -1.36. The fourth-order valence-electron chi connectivity index (χ4n) is 5.09. The maximum Gasteiger partial charge on any atom is 2.00 e. The number of carboxylic acid groups (broad SMARTS) is 1. The zero-order chi connectivity index (χ0) is 28.3. The zero-order valence-electron chi connectivity index (χ0n) is 23.1. The summed E-state index contributed by atoms with van der Waals surface area (Å²) in [6, 6.07) is 22.1. The summed E-state index contributed by atoms with van der Waals surface area (Å²) in [6.45, 7) is 1.77. The number of carbonyl (C=O) groups excluding carboxylic acids is 1. The van der Waals surface area contributed by atoms with Crippen molar-refractivity contribution < 1.29 is 41.3 Å². The number of aliphatic carboxylic acids is 1. The molecular weight excluding hydrogens is 565 g/mol. The second kappa shape index (κ2) is 16.1. The number of aliphatic imine (C=N–C) groups is 2. The van der Waals surface area contributed by atoms with E-state index in [9.17, 15) is 20.1 Å². The van der Waals surface area contributed by atoms with E-state index in [2.05, 4.69) is 9.89 Å². The summed E-state index contributed by atoms with van der Waals surface area (Å²) in [5, 5.41) is 35.4. The van der Waals surface area contributed by atoms with Crippen LogP contribution >= 0.6 is 0 Å². The number of methoxy groups -OCH3 is 1. The predicted octanol–water partition coefficient (Wildman–Crippen LogP) is 2.69. The van der Waals surface area contributed by atoms with Crippen LogP contribution in [0.5, 0.6) is 5.75 Å². The van der Waals surface area contributed by atoms with E-state index in [1.165, 1.54) is 6.42 Å². The molecule has 0 spiro atoms. The smallest absolute Gasteiger partial charge is 0.861 e. The summed E-state index contributed by atoms with van der Waals surface area (Å²) in [5.41, 5.74) is 2.72. The third kappa shape index (κ3) is 8.73. The van der Waals surface area contributed by atoms with Gasteiger partial charge in [-0.05, 0) is 62.0 Å². The molecule has 1 saturated heterocycles. The van der Waals surface area contributed by atoms with Crippen LogP contribution in [0.4, 0.5) is 5.69 Å². The van der Waals surface area contributed by atoms with Crippen molar-refractivity contribution in [2.45, 2.75) is 37.6 Å². The molecule has 0 aliphatic carbocycles. The van der Waals surface area contributed by atoms with Gasteiger partial charge in [-0.15, -0.1) is 0 Å². The molecular formula is C32H35N3NiO5. The molecule has 0 saturated carbocycles. The predicted molar refractivity (Wildman–Crippen MR) is 152 cm³/mol. The number of para-hydroxylation sites is 1. The van der Waals surface area contributed by atoms with Gasteiger partial charge in [0.1, 0.15) is 5.75 Å². The number of ether oxygens (including phenoxy) is 1. The molecule has 9 heteroatoms. The first-order valence-corrected chi connectivity index (χ1v) is 13.7. The molecule has 1 aliphatic rings. The maximum atomic E-state index is 13.0. The Morgan fingerprint density at radius 1 is 0.951 bits per heavy atom. The Morgan fingerprint density at radius 3 is 2.24 bits per heavy atom. The Hall–Kier alpha value is -3.52. The van der Waals surface area contributed by atoms with E-state index in [0.717, 1.165) is 25.9 Å². The Bertz CT molecular complexity index is 1310. The number of benzene rings is 3. The van der Waals surface area contributed by atoms with Gasteiger partial charge in [0.2, 0.25) is 0 Å². The van der Waals surface area contributed by atoms with Gasteiger partial charge in [-0.3, -0.25) is 14.9 Å². The molecule has 218 valence electrons. The van der Waals surface area contributed by atoms with Crippen molar-refractivity contribution >= 4 is 23.3 Å². The molecule has 1 N–H and O–H groups in total. The Labute approximate surface area is 251 Å². The van der Waals surface area contributed by atoms with Crippen LogP contribution in [0.15, 0.2) is 88.8 Å². The Balaban J connectivity index is 0.00000462. The van der Waals surface area contributed by atoms with E-state index in [1.54, 1.807) is 49.6 Å². The van der Waals surface area contributed by atoms with Gasteiger partial charge in [-0.25, -0.2) is 0 Å². The van der Waals surface area contributed by atoms with Gasteiger partial charge in [0.15, 0.2) is 0 Å². The Kier molecular flexibility index (Phi) is 12.5. The largest absolute Gasteiger partial charge is 2.00 e. The van der Waals surface area contributed by atoms with Crippen LogP contribution in [0.1, 0.15) is 48.3 Å². The van der Waals surface area contributed by atoms with Gasteiger partial charge >= 0.3 is 16.5 Å². The first kappa shape index (κ1) is 32.0. The quantitative estimate of drug-likeness (QED) is 0.194. The first-order valence-electron chi connectivity index (χ1n) is 13.7. The molecule has 4 rings (SSSR count). The average Bonchev–Trinajstić information content (AvgIpc) is 2.98. The number of aliphatic hydroxyl groups excluding tert-OH is 1. The second-order valence-electron chi connectivity index (χ2n) is 9.86. The second-order valence-corrected chi connectivity index (χ2v) is 9.86. The topological polar surface area (TPSA) is 121 Å². The van der Waals surface area contributed by atoms with E-state index in [1.807, 2.05) is 36.4 Å². The van der Waals surface area contributed by atoms with Crippen molar-refractivity contribution in [3.05, 3.63) is 95.6 Å². The molecule has 0 bridgehead atoms. The van der Waals surface area contributed by atoms with E-state index in [-0.39, 0.29) is 42.0 Å². The van der Waals surface area contributed by atoms with E-state index >= 15 is 0 Å². The fraction of sp³-hybridized carbons (Fsp3) is 0.344. The summed E-state index contributed by atoms with van der Waals surface area (Å²) in [4.78, 5) is 23.9. The van der Waals surface area contributed by atoms with E-state index < -0.39 is 17.9 Å². The van der Waals surface area contributed by atoms with Crippen molar-refractivity contribution in [3.8, 4) is 5.75 Å². The fourth-order valence-corrected chi connectivity index (χ4v) is 5.09. The third-order valence-corrected chi connectivity index (χ3v) is 7.13. The summed E-state index contributed by atoms with van der Waals surface area (Å²) < 4.78 is 5.24. The van der Waals surface area contributed by atoms with Crippen LogP contribution in [0.2, 0.25) is 0 Å². The summed E-state index contributed by atoms with van der Waals surface area (Å²) in [6.07, 6.45) is 3.48. The summed E-state index contributed by atoms with van der Waals surface area (Å²) in [5.74, 6) is -1.65. The van der Waals surface area contributed by atoms with E-state index in [4.69, 9.17) is 9.73 Å². The summed E-state index contributed by atoms with van der Waals surface area (Å²) in [7, 11) is 1.56. The minimum Gasteiger partial charge on any atom is -0.861 e. The Morgan fingerprint density at radius 2 is 1.61 bits per heavy atom. The van der Waals surface area contributed by atoms with Crippen molar-refractivity contribution in [3.63, 3.8) is 0 Å². The number of carbonyl (C=O) groups is 1. The number of likely N-dealkylation sites (tertiary alicyclic amines) is 1.